The molecule has 0 bridgehead atoms. The smallest absolute Gasteiger partial charge is 0.331 e. The third-order valence-electron chi connectivity index (χ3n) is 6.72. The lowest BCUT2D eigenvalue weighted by molar-refractivity contribution is -0.131. The van der Waals surface area contributed by atoms with Gasteiger partial charge in [0.25, 0.3) is 11.8 Å². The molecule has 2 aliphatic rings. The van der Waals surface area contributed by atoms with Gasteiger partial charge in [0.15, 0.2) is 11.5 Å². The van der Waals surface area contributed by atoms with Crippen molar-refractivity contribution in [3.63, 3.8) is 0 Å². The number of rotatable bonds is 7. The summed E-state index contributed by atoms with van der Waals surface area (Å²) < 4.78 is 12.7. The third kappa shape index (κ3) is 5.11. The number of hydrogen-bond donors (Lipinski definition) is 1. The van der Waals surface area contributed by atoms with Crippen LogP contribution in [0.4, 0.5) is 4.79 Å². The average molecular weight is 563 g/mol. The fourth-order valence-electron chi connectivity index (χ4n) is 4.97. The molecular formula is C29H27BrN2O5. The Morgan fingerprint density at radius 2 is 1.78 bits per heavy atom. The van der Waals surface area contributed by atoms with Crippen LogP contribution in [0.2, 0.25) is 0 Å². The quantitative estimate of drug-likeness (QED) is 0.282. The van der Waals surface area contributed by atoms with Gasteiger partial charge >= 0.3 is 6.03 Å². The van der Waals surface area contributed by atoms with Crippen molar-refractivity contribution in [2.75, 3.05) is 6.61 Å². The van der Waals surface area contributed by atoms with Crippen molar-refractivity contribution in [2.24, 2.45) is 0 Å². The molecule has 3 aromatic rings. The fourth-order valence-corrected chi connectivity index (χ4v) is 5.55. The average Bonchev–Trinajstić information content (AvgIpc) is 3.40. The van der Waals surface area contributed by atoms with Gasteiger partial charge in [-0.15, -0.1) is 0 Å². The first-order chi connectivity index (χ1) is 18.0. The lowest BCUT2D eigenvalue weighted by atomic mass is 10.0. The zero-order valence-corrected chi connectivity index (χ0v) is 22.0. The number of fused-ring (bicyclic) bond motifs is 1. The molecule has 3 aromatic carbocycles. The van der Waals surface area contributed by atoms with Crippen LogP contribution in [0.5, 0.6) is 11.5 Å². The van der Waals surface area contributed by atoms with Gasteiger partial charge in [-0.1, -0.05) is 55.3 Å². The van der Waals surface area contributed by atoms with Gasteiger partial charge in [-0.25, -0.2) is 4.79 Å². The molecule has 1 aliphatic heterocycles. The number of imide groups is 2. The molecule has 1 saturated carbocycles. The summed E-state index contributed by atoms with van der Waals surface area (Å²) in [6.07, 6.45) is 4.92. The lowest BCUT2D eigenvalue weighted by Crippen LogP contribution is -2.57. The molecule has 4 amide bonds. The molecule has 37 heavy (non-hydrogen) atoms. The minimum atomic E-state index is -0.699. The number of benzene rings is 3. The van der Waals surface area contributed by atoms with Gasteiger partial charge in [0, 0.05) is 6.04 Å². The third-order valence-corrected chi connectivity index (χ3v) is 7.31. The zero-order chi connectivity index (χ0) is 25.9. The molecule has 2 fully saturated rings. The summed E-state index contributed by atoms with van der Waals surface area (Å²) in [6, 6.07) is 16.9. The van der Waals surface area contributed by atoms with E-state index in [4.69, 9.17) is 9.47 Å². The molecular weight excluding hydrogens is 536 g/mol. The highest BCUT2D eigenvalue weighted by Crippen LogP contribution is 2.39. The molecule has 1 N–H and O–H groups in total. The maximum atomic E-state index is 13.2. The number of amides is 4. The van der Waals surface area contributed by atoms with E-state index in [2.05, 4.69) is 39.4 Å². The topological polar surface area (TPSA) is 84.9 Å². The number of ether oxygens (including phenoxy) is 2. The number of urea groups is 1. The normalized spacial score (nSPS) is 17.5. The van der Waals surface area contributed by atoms with Crippen LogP contribution in [0, 0.1) is 0 Å². The monoisotopic (exact) mass is 562 g/mol. The number of carbonyl (C=O) groups excluding carboxylic acids is 3. The van der Waals surface area contributed by atoms with E-state index in [1.165, 1.54) is 11.0 Å². The summed E-state index contributed by atoms with van der Waals surface area (Å²) in [5.41, 5.74) is 1.54. The Kier molecular flexibility index (Phi) is 7.28. The van der Waals surface area contributed by atoms with Crippen molar-refractivity contribution in [3.8, 4) is 11.5 Å². The molecule has 5 rings (SSSR count). The van der Waals surface area contributed by atoms with E-state index in [0.717, 1.165) is 42.0 Å². The number of barbiturate groups is 1. The van der Waals surface area contributed by atoms with Gasteiger partial charge in [-0.05, 0) is 75.8 Å². The summed E-state index contributed by atoms with van der Waals surface area (Å²) in [6.45, 7) is 2.61. The molecule has 0 spiro atoms. The predicted octanol–water partition coefficient (Wildman–Crippen LogP) is 5.98. The van der Waals surface area contributed by atoms with Crippen molar-refractivity contribution in [1.82, 2.24) is 10.2 Å². The van der Waals surface area contributed by atoms with Crippen molar-refractivity contribution in [2.45, 2.75) is 45.3 Å². The van der Waals surface area contributed by atoms with E-state index in [1.54, 1.807) is 12.1 Å². The summed E-state index contributed by atoms with van der Waals surface area (Å²) in [5, 5.41) is 4.57. The van der Waals surface area contributed by atoms with Crippen molar-refractivity contribution in [1.29, 1.82) is 0 Å². The van der Waals surface area contributed by atoms with Crippen molar-refractivity contribution in [3.05, 3.63) is 75.8 Å². The Hall–Kier alpha value is -3.65. The second-order valence-corrected chi connectivity index (χ2v) is 9.98. The van der Waals surface area contributed by atoms with Gasteiger partial charge in [0.1, 0.15) is 12.2 Å². The Bertz CT molecular complexity index is 1410. The first-order valence-electron chi connectivity index (χ1n) is 12.4. The Balaban J connectivity index is 1.44. The SMILES string of the molecule is CCOc1cc(/C=C2\C(=O)NC(=O)N(C3CCCC3)C2=O)cc(Br)c1OCc1cccc2ccccc12. The second kappa shape index (κ2) is 10.8. The molecule has 8 heteroatoms. The number of nitrogens with zero attached hydrogens (tertiary/aromatic N) is 1. The van der Waals surface area contributed by atoms with Crippen LogP contribution in [0.3, 0.4) is 0 Å². The van der Waals surface area contributed by atoms with E-state index in [1.807, 2.05) is 31.2 Å². The van der Waals surface area contributed by atoms with Crippen LogP contribution < -0.4 is 14.8 Å². The van der Waals surface area contributed by atoms with Crippen LogP contribution in [0.15, 0.2) is 64.6 Å². The molecule has 0 unspecified atom stereocenters. The van der Waals surface area contributed by atoms with Crippen LogP contribution in [-0.4, -0.2) is 35.4 Å². The lowest BCUT2D eigenvalue weighted by Gasteiger charge is -2.31. The van der Waals surface area contributed by atoms with Crippen LogP contribution in [0.25, 0.3) is 16.8 Å². The summed E-state index contributed by atoms with van der Waals surface area (Å²) in [5.74, 6) is -0.254. The molecule has 1 saturated heterocycles. The van der Waals surface area contributed by atoms with E-state index in [-0.39, 0.29) is 11.6 Å². The van der Waals surface area contributed by atoms with E-state index in [9.17, 15) is 14.4 Å². The maximum Gasteiger partial charge on any atom is 0.331 e. The molecule has 7 nitrogen and oxygen atoms in total. The highest BCUT2D eigenvalue weighted by atomic mass is 79.9. The van der Waals surface area contributed by atoms with Crippen LogP contribution in [0.1, 0.15) is 43.7 Å². The van der Waals surface area contributed by atoms with E-state index >= 15 is 0 Å². The Morgan fingerprint density at radius 3 is 2.57 bits per heavy atom. The van der Waals surface area contributed by atoms with Crippen molar-refractivity contribution >= 4 is 50.6 Å². The molecule has 1 heterocycles. The molecule has 0 aromatic heterocycles. The van der Waals surface area contributed by atoms with Gasteiger partial charge in [-0.3, -0.25) is 19.8 Å². The minimum absolute atomic E-state index is 0.0785. The van der Waals surface area contributed by atoms with Gasteiger partial charge < -0.3 is 9.47 Å². The van der Waals surface area contributed by atoms with Gasteiger partial charge in [0.2, 0.25) is 0 Å². The highest BCUT2D eigenvalue weighted by Gasteiger charge is 2.40. The second-order valence-electron chi connectivity index (χ2n) is 9.12. The van der Waals surface area contributed by atoms with E-state index in [0.29, 0.717) is 34.7 Å². The van der Waals surface area contributed by atoms with Crippen LogP contribution >= 0.6 is 15.9 Å². The summed E-state index contributed by atoms with van der Waals surface area (Å²) >= 11 is 3.58. The molecule has 0 radical (unpaired) electrons. The highest BCUT2D eigenvalue weighted by molar-refractivity contribution is 9.10. The molecule has 1 aliphatic carbocycles. The fraction of sp³-hybridized carbons (Fsp3) is 0.276. The summed E-state index contributed by atoms with van der Waals surface area (Å²) in [4.78, 5) is 39.4. The number of hydrogen-bond acceptors (Lipinski definition) is 5. The largest absolute Gasteiger partial charge is 0.490 e. The zero-order valence-electron chi connectivity index (χ0n) is 20.5. The number of nitrogens with one attached hydrogen (secondary N) is 1. The summed E-state index contributed by atoms with van der Waals surface area (Å²) in [7, 11) is 0. The standard InChI is InChI=1S/C29H27BrN2O5/c1-2-36-25-16-18(14-23-27(33)31-29(35)32(28(23)34)21-11-4-5-12-21)15-24(30)26(25)37-17-20-10-7-9-19-8-3-6-13-22(19)20/h3,6-10,13-16,21H,2,4-5,11-12,17H2,1H3,(H,31,33,35)/b23-14+. The van der Waals surface area contributed by atoms with E-state index < -0.39 is 17.8 Å². The maximum absolute atomic E-state index is 13.2. The predicted molar refractivity (Wildman–Crippen MR) is 144 cm³/mol. The molecule has 0 atom stereocenters. The first-order valence-corrected chi connectivity index (χ1v) is 13.2. The van der Waals surface area contributed by atoms with Gasteiger partial charge in [-0.2, -0.15) is 0 Å². The van der Waals surface area contributed by atoms with Crippen LogP contribution in [-0.2, 0) is 16.2 Å². The Morgan fingerprint density at radius 1 is 1.03 bits per heavy atom. The molecule has 190 valence electrons. The van der Waals surface area contributed by atoms with Gasteiger partial charge in [0.05, 0.1) is 11.1 Å². The Labute approximate surface area is 223 Å². The number of halogens is 1. The van der Waals surface area contributed by atoms with Crippen molar-refractivity contribution < 1.29 is 23.9 Å². The first kappa shape index (κ1) is 25.0. The minimum Gasteiger partial charge on any atom is -0.490 e. The number of carbonyl (C=O) groups is 3.